The second-order valence-electron chi connectivity index (χ2n) is 6.64. The molecule has 5 N–H and O–H groups in total. The minimum Gasteiger partial charge on any atom is -0.748 e. The monoisotopic (exact) mass is 455 g/mol. The number of phenolic OH excluding ortho intramolecular Hbond substituents is 2. The zero-order valence-corrected chi connectivity index (χ0v) is 17.9. The number of aromatic hydroxyl groups is 2. The van der Waals surface area contributed by atoms with Crippen LogP contribution >= 0.6 is 0 Å². The summed E-state index contributed by atoms with van der Waals surface area (Å²) >= 11 is 0. The molecule has 0 heterocycles. The number of quaternary nitrogens is 1. The molecule has 0 amide bonds. The standard InChI is InChI=1S/C19H21NO6.CH4O3S/c1-12(26-18(23)14-5-3-2-4-6-14)11-25-19(24)15(20)9-13-7-8-16(21)17(22)10-13;1-5(2,3)4/h2-8,10,12,15,21-22H,9,11,20H2,1H3;1H3,(H,2,3,4)/t12-,15+;/m1./s1. The maximum absolute atomic E-state index is 12.0. The predicted octanol–water partition coefficient (Wildman–Crippen LogP) is 0.201. The second-order valence-corrected chi connectivity index (χ2v) is 8.05. The van der Waals surface area contributed by atoms with Gasteiger partial charge in [0.05, 0.1) is 15.7 Å². The Morgan fingerprint density at radius 2 is 1.68 bits per heavy atom. The Balaban J connectivity index is 0.000000861. The van der Waals surface area contributed by atoms with Crippen LogP contribution in [0.5, 0.6) is 11.5 Å². The van der Waals surface area contributed by atoms with E-state index in [1.54, 1.807) is 43.3 Å². The van der Waals surface area contributed by atoms with Gasteiger partial charge in [-0.05, 0) is 36.8 Å². The molecule has 0 aliphatic carbocycles. The normalized spacial score (nSPS) is 12.6. The van der Waals surface area contributed by atoms with E-state index in [4.69, 9.17) is 22.4 Å². The van der Waals surface area contributed by atoms with Crippen molar-refractivity contribution in [3.8, 4) is 11.5 Å². The maximum Gasteiger partial charge on any atom is 0.365 e. The van der Waals surface area contributed by atoms with Gasteiger partial charge in [-0.3, -0.25) is 0 Å². The maximum atomic E-state index is 12.0. The number of hydrogen-bond acceptors (Lipinski definition) is 9. The molecule has 0 radical (unpaired) electrons. The summed E-state index contributed by atoms with van der Waals surface area (Å²) in [6, 6.07) is 12.1. The molecule has 2 rings (SSSR count). The Hall–Kier alpha value is -3.15. The van der Waals surface area contributed by atoms with Gasteiger partial charge in [-0.15, -0.1) is 0 Å². The van der Waals surface area contributed by atoms with E-state index in [2.05, 4.69) is 5.73 Å². The molecule has 0 unspecified atom stereocenters. The molecule has 0 fully saturated rings. The lowest BCUT2D eigenvalue weighted by molar-refractivity contribution is -0.408. The van der Waals surface area contributed by atoms with Crippen molar-refractivity contribution >= 4 is 22.1 Å². The zero-order valence-electron chi connectivity index (χ0n) is 17.1. The van der Waals surface area contributed by atoms with E-state index < -0.39 is 34.2 Å². The predicted molar refractivity (Wildman–Crippen MR) is 108 cm³/mol. The van der Waals surface area contributed by atoms with E-state index in [9.17, 15) is 19.8 Å². The molecule has 2 aromatic carbocycles. The van der Waals surface area contributed by atoms with Crippen LogP contribution in [-0.4, -0.2) is 60.1 Å². The van der Waals surface area contributed by atoms with Gasteiger partial charge in [0, 0.05) is 12.7 Å². The summed E-state index contributed by atoms with van der Waals surface area (Å²) in [4.78, 5) is 23.9. The Morgan fingerprint density at radius 3 is 2.23 bits per heavy atom. The molecule has 170 valence electrons. The van der Waals surface area contributed by atoms with Gasteiger partial charge in [0.1, 0.15) is 12.7 Å². The van der Waals surface area contributed by atoms with Crippen LogP contribution in [0.15, 0.2) is 48.5 Å². The second kappa shape index (κ2) is 11.9. The van der Waals surface area contributed by atoms with Crippen LogP contribution in [0, 0.1) is 0 Å². The quantitative estimate of drug-likeness (QED) is 0.299. The molecular weight excluding hydrogens is 430 g/mol. The average Bonchev–Trinajstić information content (AvgIpc) is 2.68. The van der Waals surface area contributed by atoms with E-state index in [0.717, 1.165) is 0 Å². The lowest BCUT2D eigenvalue weighted by Crippen LogP contribution is -2.66. The highest BCUT2D eigenvalue weighted by atomic mass is 32.2. The number of benzene rings is 2. The first-order valence-electron chi connectivity index (χ1n) is 9.04. The van der Waals surface area contributed by atoms with Crippen molar-refractivity contribution in [2.24, 2.45) is 0 Å². The molecule has 0 bridgehead atoms. The van der Waals surface area contributed by atoms with Gasteiger partial charge in [0.25, 0.3) is 0 Å². The van der Waals surface area contributed by atoms with Crippen LogP contribution in [0.25, 0.3) is 0 Å². The van der Waals surface area contributed by atoms with Crippen molar-refractivity contribution in [1.29, 1.82) is 0 Å². The van der Waals surface area contributed by atoms with Gasteiger partial charge in [-0.1, -0.05) is 24.3 Å². The van der Waals surface area contributed by atoms with E-state index in [1.807, 2.05) is 0 Å². The third kappa shape index (κ3) is 11.0. The largest absolute Gasteiger partial charge is 0.748 e. The number of rotatable bonds is 7. The molecule has 10 nitrogen and oxygen atoms in total. The van der Waals surface area contributed by atoms with Crippen LogP contribution in [0.4, 0.5) is 0 Å². The first-order chi connectivity index (χ1) is 14.4. The van der Waals surface area contributed by atoms with Crippen molar-refractivity contribution < 1.29 is 48.0 Å². The fraction of sp³-hybridized carbons (Fsp3) is 0.300. The van der Waals surface area contributed by atoms with E-state index in [0.29, 0.717) is 17.4 Å². The molecule has 2 aromatic rings. The number of ether oxygens (including phenoxy) is 2. The number of phenols is 2. The van der Waals surface area contributed by atoms with Crippen LogP contribution in [0.3, 0.4) is 0 Å². The van der Waals surface area contributed by atoms with Gasteiger partial charge in [0.15, 0.2) is 17.5 Å². The summed E-state index contributed by atoms with van der Waals surface area (Å²) in [6.07, 6.45) is 0.245. The molecule has 0 saturated carbocycles. The summed E-state index contributed by atoms with van der Waals surface area (Å²) in [5.74, 6) is -1.52. The smallest absolute Gasteiger partial charge is 0.365 e. The summed E-state index contributed by atoms with van der Waals surface area (Å²) in [7, 11) is -3.92. The first kappa shape index (κ1) is 25.9. The Morgan fingerprint density at radius 1 is 1.10 bits per heavy atom. The minimum atomic E-state index is -3.92. The Kier molecular flexibility index (Phi) is 9.93. The SMILES string of the molecule is CS(=O)(=O)[O-].C[C@H](COC(=O)[C@@H]([NH3+])Cc1ccc(O)c(O)c1)OC(=O)c1ccccc1. The van der Waals surface area contributed by atoms with Crippen LogP contribution < -0.4 is 5.73 Å². The number of hydrogen-bond donors (Lipinski definition) is 3. The van der Waals surface area contributed by atoms with Gasteiger partial charge >= 0.3 is 11.9 Å². The van der Waals surface area contributed by atoms with Gasteiger partial charge in [-0.25, -0.2) is 18.0 Å². The van der Waals surface area contributed by atoms with E-state index in [1.165, 1.54) is 12.1 Å². The topological polar surface area (TPSA) is 178 Å². The van der Waals surface area contributed by atoms with Gasteiger partial charge in [0.2, 0.25) is 0 Å². The van der Waals surface area contributed by atoms with Crippen LogP contribution in [0.2, 0.25) is 0 Å². The molecule has 0 spiro atoms. The van der Waals surface area contributed by atoms with Crippen molar-refractivity contribution in [2.45, 2.75) is 25.5 Å². The lowest BCUT2D eigenvalue weighted by atomic mass is 10.1. The third-order valence-corrected chi connectivity index (χ3v) is 3.63. The van der Waals surface area contributed by atoms with Gasteiger partial charge in [-0.2, -0.15) is 0 Å². The first-order valence-corrected chi connectivity index (χ1v) is 10.9. The van der Waals surface area contributed by atoms with Crippen LogP contribution in [0.1, 0.15) is 22.8 Å². The molecule has 0 saturated heterocycles. The third-order valence-electron chi connectivity index (χ3n) is 3.63. The Labute approximate surface area is 180 Å². The molecule has 0 aliphatic rings. The highest BCUT2D eigenvalue weighted by Gasteiger charge is 2.22. The lowest BCUT2D eigenvalue weighted by Gasteiger charge is -2.15. The number of carbonyl (C=O) groups is 2. The summed E-state index contributed by atoms with van der Waals surface area (Å²) in [5, 5.41) is 18.8. The van der Waals surface area contributed by atoms with E-state index in [-0.39, 0.29) is 24.5 Å². The number of carbonyl (C=O) groups excluding carboxylic acids is 2. The summed E-state index contributed by atoms with van der Waals surface area (Å²) < 4.78 is 37.6. The Bertz CT molecular complexity index is 969. The number of esters is 2. The van der Waals surface area contributed by atoms with Gasteiger partial charge < -0.3 is 30.0 Å². The highest BCUT2D eigenvalue weighted by Crippen LogP contribution is 2.25. The zero-order chi connectivity index (χ0) is 23.6. The summed E-state index contributed by atoms with van der Waals surface area (Å²) in [6.45, 7) is 1.55. The molecule has 0 aliphatic heterocycles. The average molecular weight is 455 g/mol. The molecule has 11 heteroatoms. The molecule has 2 atom stereocenters. The van der Waals surface area contributed by atoms with Crippen molar-refractivity contribution in [3.05, 3.63) is 59.7 Å². The fourth-order valence-electron chi connectivity index (χ4n) is 2.24. The van der Waals surface area contributed by atoms with Crippen molar-refractivity contribution in [2.75, 3.05) is 12.9 Å². The summed E-state index contributed by atoms with van der Waals surface area (Å²) in [5.41, 5.74) is 4.81. The molecular formula is C20H25NO9S. The van der Waals surface area contributed by atoms with E-state index >= 15 is 0 Å². The minimum absolute atomic E-state index is 0.0791. The highest BCUT2D eigenvalue weighted by molar-refractivity contribution is 7.84. The van der Waals surface area contributed by atoms with Crippen molar-refractivity contribution in [1.82, 2.24) is 0 Å². The molecule has 31 heavy (non-hydrogen) atoms. The van der Waals surface area contributed by atoms with Crippen LogP contribution in [-0.2, 0) is 30.8 Å². The van der Waals surface area contributed by atoms with Crippen molar-refractivity contribution in [3.63, 3.8) is 0 Å². The fourth-order valence-corrected chi connectivity index (χ4v) is 2.24. The molecule has 0 aromatic heterocycles.